The standard InChI is InChI=1S/C8H10BrN3O3/c1-15-5-4-10-7-6(9)2-3-11-8(7)12(13)14/h2-3,10H,4-5H2,1H3. The van der Waals surface area contributed by atoms with E-state index in [9.17, 15) is 10.1 Å². The number of hydrogen-bond acceptors (Lipinski definition) is 5. The van der Waals surface area contributed by atoms with Gasteiger partial charge < -0.3 is 20.2 Å². The zero-order chi connectivity index (χ0) is 11.3. The van der Waals surface area contributed by atoms with Crippen LogP contribution in [0.4, 0.5) is 11.5 Å². The van der Waals surface area contributed by atoms with Crippen LogP contribution in [0.25, 0.3) is 0 Å². The molecule has 15 heavy (non-hydrogen) atoms. The Hall–Kier alpha value is -1.21. The first kappa shape index (κ1) is 11.9. The second-order valence-electron chi connectivity index (χ2n) is 2.67. The molecule has 6 nitrogen and oxygen atoms in total. The monoisotopic (exact) mass is 275 g/mol. The number of nitro groups is 1. The van der Waals surface area contributed by atoms with Gasteiger partial charge in [0.05, 0.1) is 11.1 Å². The molecule has 1 aromatic heterocycles. The van der Waals surface area contributed by atoms with Gasteiger partial charge in [0.15, 0.2) is 0 Å². The number of pyridine rings is 1. The van der Waals surface area contributed by atoms with Crippen LogP contribution in [0.15, 0.2) is 16.7 Å². The van der Waals surface area contributed by atoms with Crippen molar-refractivity contribution in [2.45, 2.75) is 0 Å². The van der Waals surface area contributed by atoms with E-state index in [1.54, 1.807) is 13.2 Å². The van der Waals surface area contributed by atoms with Crippen LogP contribution in [-0.4, -0.2) is 30.2 Å². The van der Waals surface area contributed by atoms with Crippen molar-refractivity contribution in [3.63, 3.8) is 0 Å². The van der Waals surface area contributed by atoms with Gasteiger partial charge in [-0.15, -0.1) is 0 Å². The predicted molar refractivity (Wildman–Crippen MR) is 59.0 cm³/mol. The Bertz CT molecular complexity index is 359. The molecule has 0 aliphatic heterocycles. The molecular formula is C8H10BrN3O3. The lowest BCUT2D eigenvalue weighted by molar-refractivity contribution is -0.388. The summed E-state index contributed by atoms with van der Waals surface area (Å²) in [6.45, 7) is 0.958. The minimum Gasteiger partial charge on any atom is -0.383 e. The number of aromatic nitrogens is 1. The largest absolute Gasteiger partial charge is 0.388 e. The van der Waals surface area contributed by atoms with E-state index in [4.69, 9.17) is 4.74 Å². The lowest BCUT2D eigenvalue weighted by Gasteiger charge is -2.07. The molecule has 0 radical (unpaired) electrons. The molecule has 0 atom stereocenters. The number of rotatable bonds is 5. The summed E-state index contributed by atoms with van der Waals surface area (Å²) in [6.07, 6.45) is 1.38. The van der Waals surface area contributed by atoms with Crippen molar-refractivity contribution >= 4 is 27.4 Å². The molecule has 0 aliphatic carbocycles. The minimum atomic E-state index is -0.528. The zero-order valence-electron chi connectivity index (χ0n) is 8.07. The Morgan fingerprint density at radius 1 is 1.73 bits per heavy atom. The van der Waals surface area contributed by atoms with Gasteiger partial charge in [-0.2, -0.15) is 0 Å². The number of nitrogens with zero attached hydrogens (tertiary/aromatic N) is 2. The van der Waals surface area contributed by atoms with Gasteiger partial charge in [0.1, 0.15) is 11.9 Å². The second kappa shape index (κ2) is 5.62. The van der Waals surface area contributed by atoms with Crippen LogP contribution in [0.1, 0.15) is 0 Å². The molecule has 7 heteroatoms. The van der Waals surface area contributed by atoms with Crippen molar-refractivity contribution < 1.29 is 9.66 Å². The average molecular weight is 276 g/mol. The van der Waals surface area contributed by atoms with E-state index < -0.39 is 4.92 Å². The van der Waals surface area contributed by atoms with E-state index in [0.29, 0.717) is 23.3 Å². The third-order valence-electron chi connectivity index (χ3n) is 1.66. The smallest absolute Gasteiger partial charge is 0.383 e. The van der Waals surface area contributed by atoms with Gasteiger partial charge in [0.25, 0.3) is 0 Å². The van der Waals surface area contributed by atoms with Crippen molar-refractivity contribution in [3.8, 4) is 0 Å². The summed E-state index contributed by atoms with van der Waals surface area (Å²) < 4.78 is 5.45. The van der Waals surface area contributed by atoms with E-state index in [2.05, 4.69) is 26.2 Å². The van der Waals surface area contributed by atoms with E-state index in [1.165, 1.54) is 6.20 Å². The summed E-state index contributed by atoms with van der Waals surface area (Å²) in [5.41, 5.74) is 0.375. The zero-order valence-corrected chi connectivity index (χ0v) is 9.65. The first-order chi connectivity index (χ1) is 7.16. The lowest BCUT2D eigenvalue weighted by Crippen LogP contribution is -2.10. The molecule has 0 aromatic carbocycles. The Morgan fingerprint density at radius 3 is 3.07 bits per heavy atom. The summed E-state index contributed by atoms with van der Waals surface area (Å²) in [7, 11) is 1.56. The molecule has 1 rings (SSSR count). The van der Waals surface area contributed by atoms with E-state index >= 15 is 0 Å². The molecule has 0 saturated carbocycles. The van der Waals surface area contributed by atoms with Gasteiger partial charge in [-0.3, -0.25) is 0 Å². The predicted octanol–water partition coefficient (Wildman–Crippen LogP) is 1.81. The Kier molecular flexibility index (Phi) is 4.44. The van der Waals surface area contributed by atoms with Gasteiger partial charge in [-0.25, -0.2) is 0 Å². The second-order valence-corrected chi connectivity index (χ2v) is 3.52. The van der Waals surface area contributed by atoms with E-state index in [1.807, 2.05) is 0 Å². The number of anilines is 1. The normalized spacial score (nSPS) is 10.0. The summed E-state index contributed by atoms with van der Waals surface area (Å²) in [6, 6.07) is 1.64. The summed E-state index contributed by atoms with van der Waals surface area (Å²) >= 11 is 3.22. The Labute approximate surface area is 94.9 Å². The highest BCUT2D eigenvalue weighted by atomic mass is 79.9. The van der Waals surface area contributed by atoms with Crippen LogP contribution in [0, 0.1) is 10.1 Å². The highest BCUT2D eigenvalue weighted by Gasteiger charge is 2.17. The van der Waals surface area contributed by atoms with Gasteiger partial charge >= 0.3 is 5.82 Å². The highest BCUT2D eigenvalue weighted by molar-refractivity contribution is 9.10. The third-order valence-corrected chi connectivity index (χ3v) is 2.32. The number of ether oxygens (including phenoxy) is 1. The summed E-state index contributed by atoms with van der Waals surface area (Å²) in [5.74, 6) is -0.194. The molecular weight excluding hydrogens is 266 g/mol. The Morgan fingerprint density at radius 2 is 2.47 bits per heavy atom. The van der Waals surface area contributed by atoms with Crippen LogP contribution in [0.2, 0.25) is 0 Å². The summed E-state index contributed by atoms with van der Waals surface area (Å²) in [5, 5.41) is 13.5. The van der Waals surface area contributed by atoms with Crippen LogP contribution in [-0.2, 0) is 4.74 Å². The fourth-order valence-electron chi connectivity index (χ4n) is 1.01. The number of nitrogens with one attached hydrogen (secondary N) is 1. The molecule has 1 aromatic rings. The molecule has 0 bridgehead atoms. The number of hydrogen-bond donors (Lipinski definition) is 1. The average Bonchev–Trinajstić information content (AvgIpc) is 2.20. The van der Waals surface area contributed by atoms with E-state index in [0.717, 1.165) is 0 Å². The van der Waals surface area contributed by atoms with Gasteiger partial charge in [-0.05, 0) is 31.9 Å². The maximum Gasteiger partial charge on any atom is 0.388 e. The molecule has 82 valence electrons. The fourth-order valence-corrected chi connectivity index (χ4v) is 1.44. The lowest BCUT2D eigenvalue weighted by atomic mass is 10.4. The van der Waals surface area contributed by atoms with Crippen molar-refractivity contribution in [1.82, 2.24) is 4.98 Å². The first-order valence-electron chi connectivity index (χ1n) is 4.18. The molecule has 0 spiro atoms. The fraction of sp³-hybridized carbons (Fsp3) is 0.375. The molecule has 1 N–H and O–H groups in total. The van der Waals surface area contributed by atoms with Crippen molar-refractivity contribution in [2.24, 2.45) is 0 Å². The molecule has 1 heterocycles. The Balaban J connectivity index is 2.87. The van der Waals surface area contributed by atoms with Crippen LogP contribution in [0.3, 0.4) is 0 Å². The number of halogens is 1. The summed E-state index contributed by atoms with van der Waals surface area (Å²) in [4.78, 5) is 13.8. The van der Waals surface area contributed by atoms with Gasteiger partial charge in [-0.1, -0.05) is 0 Å². The topological polar surface area (TPSA) is 77.3 Å². The maximum absolute atomic E-state index is 10.7. The van der Waals surface area contributed by atoms with Gasteiger partial charge in [0, 0.05) is 13.7 Å². The molecule has 0 unspecified atom stereocenters. The molecule has 0 amide bonds. The molecule has 0 saturated heterocycles. The maximum atomic E-state index is 10.7. The van der Waals surface area contributed by atoms with Gasteiger partial charge in [0.2, 0.25) is 0 Å². The number of methoxy groups -OCH3 is 1. The quantitative estimate of drug-likeness (QED) is 0.504. The third kappa shape index (κ3) is 3.14. The van der Waals surface area contributed by atoms with E-state index in [-0.39, 0.29) is 5.82 Å². The first-order valence-corrected chi connectivity index (χ1v) is 4.98. The van der Waals surface area contributed by atoms with Crippen LogP contribution in [0.5, 0.6) is 0 Å². The van der Waals surface area contributed by atoms with Crippen molar-refractivity contribution in [2.75, 3.05) is 25.6 Å². The van der Waals surface area contributed by atoms with Crippen molar-refractivity contribution in [1.29, 1.82) is 0 Å². The SMILES string of the molecule is COCCNc1c(Br)ccnc1[N+](=O)[O-]. The van der Waals surface area contributed by atoms with Crippen molar-refractivity contribution in [3.05, 3.63) is 26.9 Å². The molecule has 0 fully saturated rings. The van der Waals surface area contributed by atoms with Crippen LogP contribution >= 0.6 is 15.9 Å². The minimum absolute atomic E-state index is 0.194. The van der Waals surface area contributed by atoms with Crippen LogP contribution < -0.4 is 5.32 Å². The highest BCUT2D eigenvalue weighted by Crippen LogP contribution is 2.29. The molecule has 0 aliphatic rings.